The van der Waals surface area contributed by atoms with E-state index >= 15 is 0 Å². The topological polar surface area (TPSA) is 46.2 Å². The molecule has 1 aromatic carbocycles. The summed E-state index contributed by atoms with van der Waals surface area (Å²) in [6, 6.07) is 5.25. The summed E-state index contributed by atoms with van der Waals surface area (Å²) in [6.45, 7) is -1.62. The molecular formula is C8H7ClF3NO2S. The van der Waals surface area contributed by atoms with Gasteiger partial charge in [-0.05, 0) is 12.1 Å². The van der Waals surface area contributed by atoms with E-state index in [1.54, 1.807) is 0 Å². The summed E-state index contributed by atoms with van der Waals surface area (Å²) < 4.78 is 59.8. The standard InChI is InChI=1S/C8H7ClF3NO2S/c9-6-3-1-2-4-7(6)16(14,15)13-5-8(10,11)12/h1-4,13H,5H2. The summed E-state index contributed by atoms with van der Waals surface area (Å²) >= 11 is 5.56. The van der Waals surface area contributed by atoms with Crippen LogP contribution in [-0.4, -0.2) is 21.1 Å². The van der Waals surface area contributed by atoms with Crippen LogP contribution in [0.1, 0.15) is 0 Å². The first kappa shape index (κ1) is 13.3. The molecule has 0 heterocycles. The van der Waals surface area contributed by atoms with E-state index in [9.17, 15) is 21.6 Å². The van der Waals surface area contributed by atoms with Crippen molar-refractivity contribution in [1.29, 1.82) is 0 Å². The highest BCUT2D eigenvalue weighted by atomic mass is 35.5. The third-order valence-corrected chi connectivity index (χ3v) is 3.49. The van der Waals surface area contributed by atoms with Gasteiger partial charge in [0.05, 0.1) is 5.02 Å². The molecule has 90 valence electrons. The molecule has 0 radical (unpaired) electrons. The van der Waals surface area contributed by atoms with E-state index in [-0.39, 0.29) is 9.92 Å². The van der Waals surface area contributed by atoms with Crippen molar-refractivity contribution in [3.63, 3.8) is 0 Å². The maximum atomic E-state index is 11.8. The lowest BCUT2D eigenvalue weighted by Crippen LogP contribution is -2.33. The molecule has 8 heteroatoms. The van der Waals surface area contributed by atoms with Crippen LogP contribution in [0.4, 0.5) is 13.2 Å². The van der Waals surface area contributed by atoms with Crippen LogP contribution in [0.5, 0.6) is 0 Å². The van der Waals surface area contributed by atoms with Crippen LogP contribution in [0.2, 0.25) is 5.02 Å². The second-order valence-electron chi connectivity index (χ2n) is 2.87. The first-order chi connectivity index (χ1) is 7.22. The first-order valence-corrected chi connectivity index (χ1v) is 5.89. The Bertz CT molecular complexity index is 472. The molecule has 0 saturated heterocycles. The Morgan fingerprint density at radius 2 is 1.81 bits per heavy atom. The van der Waals surface area contributed by atoms with E-state index in [0.29, 0.717) is 0 Å². The van der Waals surface area contributed by atoms with Gasteiger partial charge in [-0.1, -0.05) is 23.7 Å². The minimum absolute atomic E-state index is 0.128. The van der Waals surface area contributed by atoms with Crippen molar-refractivity contribution in [2.75, 3.05) is 6.54 Å². The third-order valence-electron chi connectivity index (χ3n) is 1.59. The van der Waals surface area contributed by atoms with E-state index in [4.69, 9.17) is 11.6 Å². The number of benzene rings is 1. The van der Waals surface area contributed by atoms with Crippen molar-refractivity contribution in [3.05, 3.63) is 29.3 Å². The summed E-state index contributed by atoms with van der Waals surface area (Å²) in [5.74, 6) is 0. The maximum absolute atomic E-state index is 11.8. The van der Waals surface area contributed by atoms with Crippen LogP contribution in [0.3, 0.4) is 0 Å². The summed E-state index contributed by atoms with van der Waals surface area (Å²) in [7, 11) is -4.23. The number of rotatable bonds is 3. The van der Waals surface area contributed by atoms with Crippen molar-refractivity contribution in [2.45, 2.75) is 11.1 Å². The average Bonchev–Trinajstić information content (AvgIpc) is 2.14. The van der Waals surface area contributed by atoms with Crippen LogP contribution in [-0.2, 0) is 10.0 Å². The van der Waals surface area contributed by atoms with Crippen LogP contribution in [0.25, 0.3) is 0 Å². The zero-order valence-electron chi connectivity index (χ0n) is 7.75. The molecule has 0 spiro atoms. The zero-order valence-corrected chi connectivity index (χ0v) is 9.33. The lowest BCUT2D eigenvalue weighted by Gasteiger charge is -2.09. The molecule has 1 aromatic rings. The van der Waals surface area contributed by atoms with Crippen molar-refractivity contribution in [2.24, 2.45) is 0 Å². The van der Waals surface area contributed by atoms with Crippen molar-refractivity contribution >= 4 is 21.6 Å². The third kappa shape index (κ3) is 3.66. The summed E-state index contributed by atoms with van der Waals surface area (Å²) in [6.07, 6.45) is -4.60. The van der Waals surface area contributed by atoms with Gasteiger partial charge in [0.2, 0.25) is 10.0 Å². The van der Waals surface area contributed by atoms with Crippen LogP contribution in [0, 0.1) is 0 Å². The predicted molar refractivity (Wildman–Crippen MR) is 52.7 cm³/mol. The summed E-state index contributed by atoms with van der Waals surface area (Å²) in [5, 5.41) is -0.128. The molecule has 1 N–H and O–H groups in total. The molecule has 0 aliphatic rings. The Morgan fingerprint density at radius 1 is 1.25 bits per heavy atom. The first-order valence-electron chi connectivity index (χ1n) is 4.03. The molecule has 0 aliphatic carbocycles. The molecule has 0 aromatic heterocycles. The largest absolute Gasteiger partial charge is 0.402 e. The quantitative estimate of drug-likeness (QED) is 0.917. The van der Waals surface area contributed by atoms with Crippen molar-refractivity contribution in [1.82, 2.24) is 4.72 Å². The minimum atomic E-state index is -4.60. The Hall–Kier alpha value is -0.790. The Labute approximate surface area is 95.3 Å². The molecule has 16 heavy (non-hydrogen) atoms. The van der Waals surface area contributed by atoms with Crippen molar-refractivity contribution in [3.8, 4) is 0 Å². The Morgan fingerprint density at radius 3 is 2.31 bits per heavy atom. The average molecular weight is 274 g/mol. The van der Waals surface area contributed by atoms with Gasteiger partial charge in [0, 0.05) is 0 Å². The van der Waals surface area contributed by atoms with Gasteiger partial charge in [-0.15, -0.1) is 0 Å². The summed E-state index contributed by atoms with van der Waals surface area (Å²) in [5.41, 5.74) is 0. The lowest BCUT2D eigenvalue weighted by molar-refractivity contribution is -0.121. The smallest absolute Gasteiger partial charge is 0.207 e. The van der Waals surface area contributed by atoms with Crippen molar-refractivity contribution < 1.29 is 21.6 Å². The normalized spacial score (nSPS) is 12.8. The molecule has 0 atom stereocenters. The van der Waals surface area contributed by atoms with Gasteiger partial charge < -0.3 is 0 Å². The zero-order chi connectivity index (χ0) is 12.4. The number of hydrogen-bond acceptors (Lipinski definition) is 2. The highest BCUT2D eigenvalue weighted by Gasteiger charge is 2.30. The lowest BCUT2D eigenvalue weighted by atomic mass is 10.4. The van der Waals surface area contributed by atoms with Gasteiger partial charge >= 0.3 is 6.18 Å². The maximum Gasteiger partial charge on any atom is 0.402 e. The van der Waals surface area contributed by atoms with Crippen LogP contribution in [0.15, 0.2) is 29.2 Å². The van der Waals surface area contributed by atoms with Gasteiger partial charge in [-0.2, -0.15) is 13.2 Å². The molecule has 3 nitrogen and oxygen atoms in total. The van der Waals surface area contributed by atoms with Crippen LogP contribution < -0.4 is 4.72 Å². The number of halogens is 4. The number of hydrogen-bond donors (Lipinski definition) is 1. The second-order valence-corrected chi connectivity index (χ2v) is 5.01. The second kappa shape index (κ2) is 4.60. The minimum Gasteiger partial charge on any atom is -0.207 e. The van der Waals surface area contributed by atoms with E-state index in [0.717, 1.165) is 6.07 Å². The molecule has 1 rings (SSSR count). The molecular weight excluding hydrogens is 267 g/mol. The van der Waals surface area contributed by atoms with Gasteiger partial charge in [-0.25, -0.2) is 13.1 Å². The fourth-order valence-corrected chi connectivity index (χ4v) is 2.45. The van der Waals surface area contributed by atoms with Crippen LogP contribution >= 0.6 is 11.6 Å². The highest BCUT2D eigenvalue weighted by Crippen LogP contribution is 2.21. The van der Waals surface area contributed by atoms with Gasteiger partial charge in [0.15, 0.2) is 0 Å². The SMILES string of the molecule is O=S(=O)(NCC(F)(F)F)c1ccccc1Cl. The molecule has 0 bridgehead atoms. The predicted octanol–water partition coefficient (Wildman–Crippen LogP) is 2.18. The van der Waals surface area contributed by atoms with Gasteiger partial charge in [-0.3, -0.25) is 0 Å². The summed E-state index contributed by atoms with van der Waals surface area (Å²) in [4.78, 5) is -0.374. The van der Waals surface area contributed by atoms with Gasteiger partial charge in [0.1, 0.15) is 11.4 Å². The molecule has 0 saturated carbocycles. The Kier molecular flexibility index (Phi) is 3.82. The van der Waals surface area contributed by atoms with E-state index < -0.39 is 22.7 Å². The monoisotopic (exact) mass is 273 g/mol. The van der Waals surface area contributed by atoms with E-state index in [1.807, 2.05) is 0 Å². The van der Waals surface area contributed by atoms with E-state index in [1.165, 1.54) is 22.9 Å². The Balaban J connectivity index is 2.92. The number of sulfonamides is 1. The van der Waals surface area contributed by atoms with Gasteiger partial charge in [0.25, 0.3) is 0 Å². The fourth-order valence-electron chi connectivity index (χ4n) is 0.917. The number of nitrogens with one attached hydrogen (secondary N) is 1. The number of alkyl halides is 3. The molecule has 0 unspecified atom stereocenters. The molecule has 0 aliphatic heterocycles. The van der Waals surface area contributed by atoms with E-state index in [2.05, 4.69) is 0 Å². The highest BCUT2D eigenvalue weighted by molar-refractivity contribution is 7.89. The fraction of sp³-hybridized carbons (Fsp3) is 0.250. The molecule has 0 amide bonds. The molecule has 0 fully saturated rings.